The van der Waals surface area contributed by atoms with Gasteiger partial charge in [0, 0.05) is 0 Å². The third-order valence-corrected chi connectivity index (χ3v) is 8.30. The van der Waals surface area contributed by atoms with Crippen molar-refractivity contribution in [2.24, 2.45) is 11.8 Å². The van der Waals surface area contributed by atoms with Crippen LogP contribution in [0.3, 0.4) is 0 Å². The van der Waals surface area contributed by atoms with Crippen LogP contribution in [0.25, 0.3) is 0 Å². The number of fused-ring (bicyclic) bond motifs is 1. The number of hydrogen-bond acceptors (Lipinski definition) is 4. The van der Waals surface area contributed by atoms with Crippen molar-refractivity contribution >= 4 is 29.3 Å². The molecule has 1 aliphatic carbocycles. The van der Waals surface area contributed by atoms with Crippen LogP contribution in [0.1, 0.15) is 24.8 Å². The molecule has 0 radical (unpaired) electrons. The number of esters is 1. The molecule has 7 heteroatoms. The van der Waals surface area contributed by atoms with Gasteiger partial charge in [-0.1, -0.05) is 6.07 Å². The van der Waals surface area contributed by atoms with E-state index in [9.17, 15) is 14.6 Å². The zero-order valence-electron chi connectivity index (χ0n) is 14.0. The van der Waals surface area contributed by atoms with E-state index in [1.54, 1.807) is 0 Å². The zero-order valence-corrected chi connectivity index (χ0v) is 16.0. The van der Waals surface area contributed by atoms with E-state index in [2.05, 4.69) is 18.2 Å². The first-order valence-corrected chi connectivity index (χ1v) is 11.9. The third-order valence-electron chi connectivity index (χ3n) is 5.06. The molecule has 0 bridgehead atoms. The number of carbonyl (C=O) groups excluding carboxylic acids is 1. The van der Waals surface area contributed by atoms with Gasteiger partial charge in [0.25, 0.3) is 0 Å². The number of carbonyl (C=O) groups is 1. The van der Waals surface area contributed by atoms with Crippen molar-refractivity contribution in [2.45, 2.75) is 43.6 Å². The summed E-state index contributed by atoms with van der Waals surface area (Å²) in [6.45, 7) is 0.994. The first kappa shape index (κ1) is 18.9. The van der Waals surface area contributed by atoms with Crippen LogP contribution in [-0.4, -0.2) is 35.8 Å². The van der Waals surface area contributed by atoms with Crippen molar-refractivity contribution in [3.05, 3.63) is 48.0 Å². The minimum atomic E-state index is -0.491. The van der Waals surface area contributed by atoms with Crippen molar-refractivity contribution in [3.8, 4) is 0 Å². The van der Waals surface area contributed by atoms with Crippen molar-refractivity contribution < 1.29 is 19.3 Å². The molecule has 7 atom stereocenters. The Bertz CT molecular complexity index is 625. The SMILES string of the molecule is O=BPP[C@@H]1C[C@@H]2OC(=O)C[C@@H]2[C@H]1C=C[C@@H](O)CCc1ccccc1. The van der Waals surface area contributed by atoms with Crippen molar-refractivity contribution in [1.29, 1.82) is 0 Å². The fourth-order valence-electron chi connectivity index (χ4n) is 3.83. The molecule has 1 saturated heterocycles. The number of hydrogen-bond donors (Lipinski definition) is 1. The molecular weight excluding hydrogens is 353 g/mol. The second-order valence-electron chi connectivity index (χ2n) is 6.70. The van der Waals surface area contributed by atoms with Crippen LogP contribution in [0, 0.1) is 11.8 Å². The Balaban J connectivity index is 1.58. The number of benzene rings is 1. The summed E-state index contributed by atoms with van der Waals surface area (Å²) in [4.78, 5) is 11.6. The summed E-state index contributed by atoms with van der Waals surface area (Å²) in [5.74, 6) is 0.324. The molecule has 1 heterocycles. The van der Waals surface area contributed by atoms with Gasteiger partial charge in [-0.05, 0) is 0 Å². The topological polar surface area (TPSA) is 63.6 Å². The zero-order chi connectivity index (χ0) is 17.6. The minimum absolute atomic E-state index is 0.00226. The van der Waals surface area contributed by atoms with E-state index in [1.165, 1.54) is 5.56 Å². The molecule has 0 spiro atoms. The average molecular weight is 376 g/mol. The Kier molecular flexibility index (Phi) is 6.93. The predicted octanol–water partition coefficient (Wildman–Crippen LogP) is 3.09. The van der Waals surface area contributed by atoms with Gasteiger partial charge >= 0.3 is 146 Å². The summed E-state index contributed by atoms with van der Waals surface area (Å²) < 4.78 is 16.2. The fourth-order valence-corrected chi connectivity index (χ4v) is 6.79. The van der Waals surface area contributed by atoms with Gasteiger partial charge in [-0.15, -0.1) is 0 Å². The van der Waals surface area contributed by atoms with Crippen LogP contribution >= 0.6 is 16.4 Å². The van der Waals surface area contributed by atoms with Gasteiger partial charge in [0.1, 0.15) is 0 Å². The first-order chi connectivity index (χ1) is 12.2. The summed E-state index contributed by atoms with van der Waals surface area (Å²) in [5.41, 5.74) is 1.61. The molecule has 1 aromatic rings. The van der Waals surface area contributed by atoms with Gasteiger partial charge in [0.05, 0.1) is 0 Å². The van der Waals surface area contributed by atoms with E-state index in [1.807, 2.05) is 24.3 Å². The molecule has 2 unspecified atom stereocenters. The van der Waals surface area contributed by atoms with Crippen LogP contribution < -0.4 is 0 Å². The normalized spacial score (nSPS) is 30.4. The van der Waals surface area contributed by atoms with Crippen molar-refractivity contribution in [2.75, 3.05) is 0 Å². The molecule has 4 nitrogen and oxygen atoms in total. The summed E-state index contributed by atoms with van der Waals surface area (Å²) in [6.07, 6.45) is 6.29. The van der Waals surface area contributed by atoms with Gasteiger partial charge < -0.3 is 0 Å². The molecule has 132 valence electrons. The molecular formula is C18H23BO4P2. The van der Waals surface area contributed by atoms with Crippen molar-refractivity contribution in [3.63, 3.8) is 0 Å². The van der Waals surface area contributed by atoms with Gasteiger partial charge in [-0.2, -0.15) is 0 Å². The molecule has 2 aliphatic rings. The van der Waals surface area contributed by atoms with Crippen LogP contribution in [0.15, 0.2) is 42.5 Å². The Hall–Kier alpha value is -0.885. The molecule has 1 aliphatic heterocycles. The van der Waals surface area contributed by atoms with Gasteiger partial charge in [-0.3, -0.25) is 0 Å². The molecule has 25 heavy (non-hydrogen) atoms. The van der Waals surface area contributed by atoms with E-state index in [4.69, 9.17) is 4.74 Å². The van der Waals surface area contributed by atoms with Gasteiger partial charge in [-0.25, -0.2) is 0 Å². The van der Waals surface area contributed by atoms with Gasteiger partial charge in [0.15, 0.2) is 0 Å². The van der Waals surface area contributed by atoms with E-state index in [-0.39, 0.29) is 23.9 Å². The molecule has 2 fully saturated rings. The number of ether oxygens (including phenoxy) is 1. The predicted molar refractivity (Wildman–Crippen MR) is 103 cm³/mol. The number of aliphatic hydroxyl groups is 1. The van der Waals surface area contributed by atoms with Crippen molar-refractivity contribution in [1.82, 2.24) is 0 Å². The second-order valence-corrected chi connectivity index (χ2v) is 9.99. The molecule has 1 N–H and O–H groups in total. The van der Waals surface area contributed by atoms with Gasteiger partial charge in [0.2, 0.25) is 0 Å². The first-order valence-electron chi connectivity index (χ1n) is 8.72. The number of allylic oxidation sites excluding steroid dienone is 1. The van der Waals surface area contributed by atoms with Crippen LogP contribution in [0.5, 0.6) is 0 Å². The van der Waals surface area contributed by atoms with Crippen LogP contribution in [0.2, 0.25) is 0 Å². The standard InChI is InChI=1S/C18H23BO4P2/c20-13(7-6-12-4-2-1-3-5-12)8-9-14-15-10-18(21)23-16(15)11-17(14)24-25-19-22/h1-5,8-9,13-17,20,24-25H,6-7,10-11H2/t13-,14+,15+,16-,17+/m0/s1. The van der Waals surface area contributed by atoms with E-state index in [0.717, 1.165) is 19.7 Å². The average Bonchev–Trinajstić information content (AvgIpc) is 3.13. The third kappa shape index (κ3) is 5.06. The maximum absolute atomic E-state index is 11.6. The van der Waals surface area contributed by atoms with E-state index in [0.29, 0.717) is 34.9 Å². The number of rotatable bonds is 8. The Labute approximate surface area is 152 Å². The fraction of sp³-hybridized carbons (Fsp3) is 0.500. The number of aliphatic hydroxyl groups excluding tert-OH is 1. The maximum atomic E-state index is 11.6. The van der Waals surface area contributed by atoms with Crippen LogP contribution in [-0.2, 0) is 20.7 Å². The molecule has 1 saturated carbocycles. The Morgan fingerprint density at radius 3 is 2.92 bits per heavy atom. The molecule has 0 amide bonds. The quantitative estimate of drug-likeness (QED) is 0.328. The molecule has 3 rings (SSSR count). The van der Waals surface area contributed by atoms with Crippen LogP contribution in [0.4, 0.5) is 0 Å². The second kappa shape index (κ2) is 9.17. The Morgan fingerprint density at radius 1 is 1.36 bits per heavy atom. The molecule has 0 aromatic heterocycles. The molecule has 1 aromatic carbocycles. The monoisotopic (exact) mass is 376 g/mol. The summed E-state index contributed by atoms with van der Waals surface area (Å²) in [6, 6.07) is 10.1. The summed E-state index contributed by atoms with van der Waals surface area (Å²) >= 11 is 0. The number of aryl methyl sites for hydroxylation is 1. The summed E-state index contributed by atoms with van der Waals surface area (Å²) in [5, 5.41) is 10.3. The van der Waals surface area contributed by atoms with E-state index >= 15 is 0 Å². The van der Waals surface area contributed by atoms with E-state index < -0.39 is 6.10 Å². The Morgan fingerprint density at radius 2 is 2.16 bits per heavy atom. The summed E-state index contributed by atoms with van der Waals surface area (Å²) in [7, 11) is 0.909.